The highest BCUT2D eigenvalue weighted by Crippen LogP contribution is 2.31. The number of halogens is 2. The molecule has 6 nitrogen and oxygen atoms in total. The maximum atomic E-state index is 14.5. The number of hydrogen-bond acceptors (Lipinski definition) is 5. The van der Waals surface area contributed by atoms with Crippen LogP contribution in [-0.2, 0) is 6.42 Å². The zero-order valence-electron chi connectivity index (χ0n) is 16.9. The Morgan fingerprint density at radius 3 is 2.68 bits per heavy atom. The first kappa shape index (κ1) is 23.1. The van der Waals surface area contributed by atoms with Crippen LogP contribution in [-0.4, -0.2) is 33.8 Å². The summed E-state index contributed by atoms with van der Waals surface area (Å²) >= 11 is 7.34. The van der Waals surface area contributed by atoms with E-state index in [1.807, 2.05) is 13.2 Å². The Bertz CT molecular complexity index is 1190. The maximum absolute atomic E-state index is 14.5. The molecule has 3 aromatic rings. The Labute approximate surface area is 187 Å². The van der Waals surface area contributed by atoms with Gasteiger partial charge in [0.15, 0.2) is 5.75 Å². The van der Waals surface area contributed by atoms with Gasteiger partial charge >= 0.3 is 6.16 Å². The number of nitrogens with zero attached hydrogens (tertiary/aromatic N) is 1. The smallest absolute Gasteiger partial charge is 0.449 e. The van der Waals surface area contributed by atoms with Gasteiger partial charge in [-0.1, -0.05) is 30.7 Å². The fourth-order valence-corrected chi connectivity index (χ4v) is 4.31. The summed E-state index contributed by atoms with van der Waals surface area (Å²) in [5, 5.41) is 19.1. The third kappa shape index (κ3) is 4.71. The summed E-state index contributed by atoms with van der Waals surface area (Å²) in [5.74, 6) is -0.883. The molecule has 0 aliphatic carbocycles. The standard InChI is InChI=1S/C22H21ClFNO5S/c1-3-14(11-26)25-10-18(30-22(28)29)21(27)15-8-13(19(31-2)9-17(15)25)7-12-5-4-6-16(23)20(12)24/h4-6,8-10,14,26H,3,7,11H2,1-2H3,(H,28,29)/t14-/m0/s1. The number of pyridine rings is 1. The second-order valence-electron chi connectivity index (χ2n) is 6.91. The number of benzene rings is 2. The van der Waals surface area contributed by atoms with Crippen LogP contribution < -0.4 is 10.2 Å². The van der Waals surface area contributed by atoms with Gasteiger partial charge < -0.3 is 19.5 Å². The SMILES string of the molecule is CC[C@@H](CO)n1cc(OC(=O)O)c(=O)c2cc(Cc3cccc(Cl)c3F)c(SC)cc21. The summed E-state index contributed by atoms with van der Waals surface area (Å²) in [7, 11) is 0. The lowest BCUT2D eigenvalue weighted by molar-refractivity contribution is 0.143. The average Bonchev–Trinajstić information content (AvgIpc) is 2.74. The molecule has 164 valence electrons. The van der Waals surface area contributed by atoms with Gasteiger partial charge in [0.2, 0.25) is 5.43 Å². The van der Waals surface area contributed by atoms with E-state index in [4.69, 9.17) is 21.4 Å². The summed E-state index contributed by atoms with van der Waals surface area (Å²) in [6.07, 6.45) is 2.31. The number of aliphatic hydroxyl groups excluding tert-OH is 1. The first-order valence-electron chi connectivity index (χ1n) is 9.50. The van der Waals surface area contributed by atoms with Crippen LogP contribution in [0.1, 0.15) is 30.5 Å². The van der Waals surface area contributed by atoms with Crippen LogP contribution in [0, 0.1) is 5.82 Å². The van der Waals surface area contributed by atoms with E-state index in [-0.39, 0.29) is 35.2 Å². The van der Waals surface area contributed by atoms with Crippen LogP contribution in [0.5, 0.6) is 5.75 Å². The largest absolute Gasteiger partial charge is 0.511 e. The monoisotopic (exact) mass is 465 g/mol. The molecule has 2 N–H and O–H groups in total. The Morgan fingerprint density at radius 1 is 1.32 bits per heavy atom. The fourth-order valence-electron chi connectivity index (χ4n) is 3.50. The Hall–Kier alpha value is -2.55. The lowest BCUT2D eigenvalue weighted by Crippen LogP contribution is -2.20. The van der Waals surface area contributed by atoms with Crippen molar-refractivity contribution in [3.05, 3.63) is 68.7 Å². The summed E-state index contributed by atoms with van der Waals surface area (Å²) in [4.78, 5) is 24.9. The molecule has 2 aromatic carbocycles. The molecule has 31 heavy (non-hydrogen) atoms. The average molecular weight is 466 g/mol. The number of aromatic nitrogens is 1. The van der Waals surface area contributed by atoms with E-state index in [1.54, 1.807) is 28.8 Å². The highest BCUT2D eigenvalue weighted by molar-refractivity contribution is 7.98. The maximum Gasteiger partial charge on any atom is 0.511 e. The van der Waals surface area contributed by atoms with Crippen LogP contribution in [0.15, 0.2) is 46.2 Å². The third-order valence-corrected chi connectivity index (χ3v) is 6.20. The lowest BCUT2D eigenvalue weighted by atomic mass is 10.0. The van der Waals surface area contributed by atoms with Crippen LogP contribution in [0.2, 0.25) is 5.02 Å². The zero-order chi connectivity index (χ0) is 22.7. The van der Waals surface area contributed by atoms with Crippen molar-refractivity contribution in [1.29, 1.82) is 0 Å². The molecule has 0 radical (unpaired) electrons. The molecule has 0 bridgehead atoms. The molecule has 1 heterocycles. The van der Waals surface area contributed by atoms with E-state index in [9.17, 15) is 19.1 Å². The van der Waals surface area contributed by atoms with Crippen molar-refractivity contribution in [1.82, 2.24) is 4.57 Å². The quantitative estimate of drug-likeness (QED) is 0.372. The molecule has 0 saturated heterocycles. The van der Waals surface area contributed by atoms with Crippen LogP contribution >= 0.6 is 23.4 Å². The number of ether oxygens (including phenoxy) is 1. The van der Waals surface area contributed by atoms with Crippen LogP contribution in [0.3, 0.4) is 0 Å². The molecule has 0 amide bonds. The van der Waals surface area contributed by atoms with Gasteiger partial charge in [0, 0.05) is 16.7 Å². The lowest BCUT2D eigenvalue weighted by Gasteiger charge is -2.21. The second-order valence-corrected chi connectivity index (χ2v) is 8.17. The number of aliphatic hydroxyl groups is 1. The highest BCUT2D eigenvalue weighted by Gasteiger charge is 2.20. The summed E-state index contributed by atoms with van der Waals surface area (Å²) in [5.41, 5.74) is 1.00. The summed E-state index contributed by atoms with van der Waals surface area (Å²) in [6.45, 7) is 1.67. The van der Waals surface area contributed by atoms with E-state index in [0.29, 0.717) is 23.1 Å². The molecule has 3 rings (SSSR count). The van der Waals surface area contributed by atoms with Gasteiger partial charge in [-0.2, -0.15) is 0 Å². The normalized spacial score (nSPS) is 12.2. The predicted molar refractivity (Wildman–Crippen MR) is 119 cm³/mol. The minimum atomic E-state index is -1.61. The number of carboxylic acid groups (broad SMARTS) is 1. The first-order valence-corrected chi connectivity index (χ1v) is 11.1. The molecule has 0 saturated carbocycles. The number of rotatable bonds is 7. The molecule has 0 aliphatic rings. The Balaban J connectivity index is 2.28. The summed E-state index contributed by atoms with van der Waals surface area (Å²) < 4.78 is 20.8. The van der Waals surface area contributed by atoms with Crippen molar-refractivity contribution in [2.45, 2.75) is 30.7 Å². The van der Waals surface area contributed by atoms with Gasteiger partial charge in [0.25, 0.3) is 0 Å². The van der Waals surface area contributed by atoms with E-state index in [0.717, 1.165) is 4.90 Å². The second kappa shape index (κ2) is 9.72. The topological polar surface area (TPSA) is 88.8 Å². The van der Waals surface area contributed by atoms with Crippen molar-refractivity contribution in [3.8, 4) is 5.75 Å². The van der Waals surface area contributed by atoms with E-state index < -0.39 is 17.4 Å². The van der Waals surface area contributed by atoms with Crippen LogP contribution in [0.25, 0.3) is 10.9 Å². The Morgan fingerprint density at radius 2 is 2.06 bits per heavy atom. The molecule has 0 fully saturated rings. The van der Waals surface area contributed by atoms with Crippen molar-refractivity contribution in [2.75, 3.05) is 12.9 Å². The van der Waals surface area contributed by atoms with Crippen molar-refractivity contribution < 1.29 is 24.1 Å². The molecule has 0 spiro atoms. The minimum absolute atomic E-state index is 0.0113. The van der Waals surface area contributed by atoms with Gasteiger partial charge in [-0.25, -0.2) is 9.18 Å². The fraction of sp³-hybridized carbons (Fsp3) is 0.273. The van der Waals surface area contributed by atoms with Gasteiger partial charge in [-0.05, 0) is 42.0 Å². The van der Waals surface area contributed by atoms with E-state index in [2.05, 4.69) is 0 Å². The first-order chi connectivity index (χ1) is 14.8. The third-order valence-electron chi connectivity index (χ3n) is 5.09. The molecule has 0 aliphatic heterocycles. The van der Waals surface area contributed by atoms with Crippen molar-refractivity contribution in [2.24, 2.45) is 0 Å². The minimum Gasteiger partial charge on any atom is -0.449 e. The van der Waals surface area contributed by atoms with Gasteiger partial charge in [0.05, 0.1) is 29.4 Å². The Kier molecular flexibility index (Phi) is 7.25. The molecular weight excluding hydrogens is 445 g/mol. The van der Waals surface area contributed by atoms with Gasteiger partial charge in [-0.15, -0.1) is 11.8 Å². The van der Waals surface area contributed by atoms with Crippen LogP contribution in [0.4, 0.5) is 9.18 Å². The molecule has 0 unspecified atom stereocenters. The molecule has 1 atom stereocenters. The molecule has 9 heteroatoms. The highest BCUT2D eigenvalue weighted by atomic mass is 35.5. The summed E-state index contributed by atoms with van der Waals surface area (Å²) in [6, 6.07) is 7.77. The zero-order valence-corrected chi connectivity index (χ0v) is 18.5. The van der Waals surface area contributed by atoms with E-state index >= 15 is 0 Å². The number of hydrogen-bond donors (Lipinski definition) is 2. The van der Waals surface area contributed by atoms with E-state index in [1.165, 1.54) is 24.0 Å². The van der Waals surface area contributed by atoms with Gasteiger partial charge in [0.1, 0.15) is 5.82 Å². The van der Waals surface area contributed by atoms with Crippen molar-refractivity contribution in [3.63, 3.8) is 0 Å². The molecule has 1 aromatic heterocycles. The number of fused-ring (bicyclic) bond motifs is 1. The molecular formula is C22H21ClFNO5S. The number of carbonyl (C=O) groups is 1. The predicted octanol–water partition coefficient (Wildman–Crippen LogP) is 5.11. The number of thioether (sulfide) groups is 1. The van der Waals surface area contributed by atoms with Crippen molar-refractivity contribution >= 4 is 40.4 Å². The van der Waals surface area contributed by atoms with Gasteiger partial charge in [-0.3, -0.25) is 4.79 Å².